The third kappa shape index (κ3) is 1.14. The van der Waals surface area contributed by atoms with Crippen molar-refractivity contribution in [2.24, 2.45) is 0 Å². The minimum absolute atomic E-state index is 0.978. The zero-order valence-corrected chi connectivity index (χ0v) is 3.91. The van der Waals surface area contributed by atoms with Crippen molar-refractivity contribution in [3.63, 3.8) is 0 Å². The molecule has 42 valence electrons. The summed E-state index contributed by atoms with van der Waals surface area (Å²) in [6.45, 7) is -5.23. The summed E-state index contributed by atoms with van der Waals surface area (Å²) in [4.78, 5) is 0. The van der Waals surface area contributed by atoms with Gasteiger partial charge in [0.05, 0.1) is 7.45 Å². The summed E-state index contributed by atoms with van der Waals surface area (Å²) in [6, 6.07) is 0. The van der Waals surface area contributed by atoms with Crippen LogP contribution in [0.5, 0.6) is 0 Å². The third-order valence-electron chi connectivity index (χ3n) is 0.619. The molecule has 2 heteroatoms. The lowest BCUT2D eigenvalue weighted by molar-refractivity contribution is 0.119. The number of methoxy groups -OCH3 is 1. The van der Waals surface area contributed by atoms with Crippen LogP contribution in [0.4, 0.5) is 0 Å². The van der Waals surface area contributed by atoms with Gasteiger partial charge in [0.2, 0.25) is 0 Å². The molecule has 1 heterocycles. The molecule has 1 fully saturated rings. The summed E-state index contributed by atoms with van der Waals surface area (Å²) in [5.41, 5.74) is 0. The van der Waals surface area contributed by atoms with E-state index in [9.17, 15) is 0 Å². The Morgan fingerprint density at radius 1 is 2.14 bits per heavy atom. The van der Waals surface area contributed by atoms with E-state index in [0.717, 1.165) is 7.11 Å². The van der Waals surface area contributed by atoms with Crippen LogP contribution in [0.3, 0.4) is 0 Å². The first kappa shape index (κ1) is 1.25. The molecule has 1 saturated heterocycles. The molecule has 1 aliphatic heterocycles. The van der Waals surface area contributed by atoms with Crippen LogP contribution >= 0.6 is 0 Å². The highest BCUT2D eigenvalue weighted by Crippen LogP contribution is 1.99. The van der Waals surface area contributed by atoms with E-state index >= 15 is 0 Å². The molecule has 1 rings (SSSR count). The molecule has 1 N–H and O–H groups in total. The first-order valence-corrected chi connectivity index (χ1v) is 1.86. The van der Waals surface area contributed by atoms with Crippen molar-refractivity contribution in [3.05, 3.63) is 0 Å². The molecule has 0 aromatic heterocycles. The minimum atomic E-state index is -2.78. The maximum Gasteiger partial charge on any atom is 0.0707 e. The predicted molar refractivity (Wildman–Crippen MR) is 28.3 cm³/mol. The summed E-state index contributed by atoms with van der Waals surface area (Å²) in [5, 5.41) is 1.78. The first-order valence-electron chi connectivity index (χ1n) is 5.36. The van der Waals surface area contributed by atoms with Gasteiger partial charge in [-0.1, -0.05) is 0 Å². The van der Waals surface area contributed by atoms with Gasteiger partial charge in [0, 0.05) is 21.8 Å². The molecule has 0 bridgehead atoms. The quantitative estimate of drug-likeness (QED) is 0.510. The lowest BCUT2D eigenvalue weighted by Crippen LogP contribution is -2.14. The lowest BCUT2D eigenvalue weighted by atomic mass is 10.3. The molecule has 0 spiro atoms. The van der Waals surface area contributed by atoms with Crippen LogP contribution in [0, 0.1) is 0 Å². The summed E-state index contributed by atoms with van der Waals surface area (Å²) in [6.07, 6.45) is -5.39. The molecule has 0 radical (unpaired) electrons. The van der Waals surface area contributed by atoms with Gasteiger partial charge in [0.1, 0.15) is 0 Å². The van der Waals surface area contributed by atoms with Gasteiger partial charge in [0.15, 0.2) is 0 Å². The Morgan fingerprint density at radius 2 is 3.00 bits per heavy atom. The second kappa shape index (κ2) is 2.28. The largest absolute Gasteiger partial charge is 0.380 e. The Hall–Kier alpha value is -0.0800. The van der Waals surface area contributed by atoms with Crippen LogP contribution in [0.1, 0.15) is 16.0 Å². The Kier molecular flexibility index (Phi) is 0.408. The molecular formula is C5H11NO. The van der Waals surface area contributed by atoms with Crippen LogP contribution in [0.2, 0.25) is 0 Å². The van der Waals surface area contributed by atoms with Crippen molar-refractivity contribution < 1.29 is 14.3 Å². The highest BCUT2D eigenvalue weighted by atomic mass is 16.5. The summed E-state index contributed by atoms with van der Waals surface area (Å²) in [5.74, 6) is 0. The summed E-state index contributed by atoms with van der Waals surface area (Å²) >= 11 is 0. The van der Waals surface area contributed by atoms with Crippen molar-refractivity contribution in [1.29, 1.82) is 0 Å². The van der Waals surface area contributed by atoms with Gasteiger partial charge in [-0.3, -0.25) is 0 Å². The van der Waals surface area contributed by atoms with Crippen LogP contribution in [-0.4, -0.2) is 26.2 Å². The van der Waals surface area contributed by atoms with Crippen LogP contribution in [0.25, 0.3) is 0 Å². The van der Waals surface area contributed by atoms with Crippen LogP contribution in [0.15, 0.2) is 0 Å². The Labute approximate surface area is 53.7 Å². The molecule has 0 aromatic carbocycles. The van der Waals surface area contributed by atoms with E-state index in [1.807, 2.05) is 0 Å². The molecule has 0 aromatic rings. The van der Waals surface area contributed by atoms with Crippen molar-refractivity contribution in [1.82, 2.24) is 5.32 Å². The average molecular weight is 108 g/mol. The monoisotopic (exact) mass is 108 g/mol. The number of rotatable bonds is 1. The van der Waals surface area contributed by atoms with E-state index < -0.39 is 25.4 Å². The Morgan fingerprint density at radius 3 is 3.29 bits per heavy atom. The molecule has 0 saturated carbocycles. The maximum atomic E-state index is 7.52. The van der Waals surface area contributed by atoms with E-state index in [1.54, 1.807) is 5.32 Å². The van der Waals surface area contributed by atoms with E-state index in [2.05, 4.69) is 4.74 Å². The fourth-order valence-electron chi connectivity index (χ4n) is 0.309. The fraction of sp³-hybridized carbons (Fsp3) is 1.00. The molecule has 1 atom stereocenters. The second-order valence-electron chi connectivity index (χ2n) is 1.03. The van der Waals surface area contributed by atoms with Gasteiger partial charge < -0.3 is 10.1 Å². The molecule has 1 aliphatic rings. The van der Waals surface area contributed by atoms with Crippen molar-refractivity contribution in [2.45, 2.75) is 12.5 Å². The Balaban J connectivity index is 3.28. The van der Waals surface area contributed by atoms with Crippen LogP contribution < -0.4 is 5.32 Å². The third-order valence-corrected chi connectivity index (χ3v) is 0.619. The number of ether oxygens (including phenoxy) is 1. The topological polar surface area (TPSA) is 21.3 Å². The highest BCUT2D eigenvalue weighted by Gasteiger charge is 2.11. The number of nitrogens with one attached hydrogen (secondary N) is 1. The maximum absolute atomic E-state index is 7.52. The summed E-state index contributed by atoms with van der Waals surface area (Å²) in [7, 11) is 0.978. The second-order valence-corrected chi connectivity index (χ2v) is 1.03. The molecule has 7 heavy (non-hydrogen) atoms. The molecular weight excluding hydrogens is 90.1 g/mol. The van der Waals surface area contributed by atoms with E-state index in [1.165, 1.54) is 0 Å². The van der Waals surface area contributed by atoms with Crippen molar-refractivity contribution in [2.75, 3.05) is 20.1 Å². The van der Waals surface area contributed by atoms with Gasteiger partial charge in [-0.05, 0) is 12.9 Å². The fourth-order valence-corrected chi connectivity index (χ4v) is 0.309. The van der Waals surface area contributed by atoms with Gasteiger partial charge in [-0.25, -0.2) is 0 Å². The standard InChI is InChI=1S/C5H11NO/c1-7-5-2-3-6-4-5/h5-6H,2-4H2,1H3/i2D2,3D2,4D2,5D. The lowest BCUT2D eigenvalue weighted by Gasteiger charge is -2.01. The SMILES string of the molecule is [2H]C1([2H])NC([2H])([2H])C([2H])(OC)C1([2H])[2H]. The average Bonchev–Trinajstić information content (AvgIpc) is 2.07. The highest BCUT2D eigenvalue weighted by molar-refractivity contribution is 4.69. The number of hydrogen-bond acceptors (Lipinski definition) is 2. The predicted octanol–water partition coefficient (Wildman–Crippen LogP) is -0.00530. The molecule has 1 unspecified atom stereocenters. The minimum Gasteiger partial charge on any atom is -0.380 e. The number of hydrogen-bond donors (Lipinski definition) is 1. The molecule has 0 aliphatic carbocycles. The van der Waals surface area contributed by atoms with Crippen LogP contribution in [-0.2, 0) is 4.74 Å². The van der Waals surface area contributed by atoms with Gasteiger partial charge in [-0.15, -0.1) is 0 Å². The normalized spacial score (nSPS) is 78.1. The smallest absolute Gasteiger partial charge is 0.0707 e. The van der Waals surface area contributed by atoms with Gasteiger partial charge in [0.25, 0.3) is 0 Å². The van der Waals surface area contributed by atoms with Gasteiger partial charge in [-0.2, -0.15) is 0 Å². The molecule has 0 amide bonds. The van der Waals surface area contributed by atoms with E-state index in [0.29, 0.717) is 0 Å². The van der Waals surface area contributed by atoms with Crippen molar-refractivity contribution >= 4 is 0 Å². The zero-order chi connectivity index (χ0) is 11.4. The van der Waals surface area contributed by atoms with Crippen molar-refractivity contribution in [3.8, 4) is 0 Å². The van der Waals surface area contributed by atoms with E-state index in [-0.39, 0.29) is 0 Å². The zero-order valence-electron chi connectivity index (χ0n) is 10.9. The van der Waals surface area contributed by atoms with Gasteiger partial charge >= 0.3 is 0 Å². The summed E-state index contributed by atoms with van der Waals surface area (Å²) < 4.78 is 55.9. The Bertz CT molecular complexity index is 254. The van der Waals surface area contributed by atoms with E-state index in [4.69, 9.17) is 9.60 Å². The molecule has 2 nitrogen and oxygen atoms in total. The first-order chi connectivity index (χ1) is 6.02.